The Hall–Kier alpha value is -2.04. The summed E-state index contributed by atoms with van der Waals surface area (Å²) in [5.74, 6) is 0.0497. The van der Waals surface area contributed by atoms with Crippen molar-refractivity contribution in [1.82, 2.24) is 9.80 Å². The Morgan fingerprint density at radius 3 is 2.32 bits per heavy atom. The van der Waals surface area contributed by atoms with Gasteiger partial charge in [0.05, 0.1) is 5.56 Å². The van der Waals surface area contributed by atoms with E-state index in [-0.39, 0.29) is 23.5 Å². The van der Waals surface area contributed by atoms with Gasteiger partial charge in [-0.05, 0) is 38.8 Å². The van der Waals surface area contributed by atoms with E-state index >= 15 is 0 Å². The maximum Gasteiger partial charge on any atom is 0.257 e. The molecule has 1 heterocycles. The molecule has 1 aromatic rings. The highest BCUT2D eigenvalue weighted by atomic mass is 16.3. The summed E-state index contributed by atoms with van der Waals surface area (Å²) in [7, 11) is 0. The summed E-state index contributed by atoms with van der Waals surface area (Å²) < 4.78 is 0. The average molecular weight is 304 g/mol. The fourth-order valence-electron chi connectivity index (χ4n) is 2.95. The van der Waals surface area contributed by atoms with Crippen LogP contribution in [0.2, 0.25) is 0 Å². The lowest BCUT2D eigenvalue weighted by Crippen LogP contribution is -2.44. The van der Waals surface area contributed by atoms with Gasteiger partial charge in [0.25, 0.3) is 5.91 Å². The quantitative estimate of drug-likeness (QED) is 0.927. The molecule has 1 aromatic carbocycles. The van der Waals surface area contributed by atoms with Gasteiger partial charge >= 0.3 is 0 Å². The van der Waals surface area contributed by atoms with Gasteiger partial charge in [0.2, 0.25) is 5.91 Å². The number of piperidine rings is 1. The number of hydrogen-bond donors (Lipinski definition) is 1. The number of rotatable bonds is 4. The molecule has 2 rings (SSSR count). The van der Waals surface area contributed by atoms with Crippen LogP contribution in [0.1, 0.15) is 37.0 Å². The molecule has 22 heavy (non-hydrogen) atoms. The van der Waals surface area contributed by atoms with E-state index in [4.69, 9.17) is 0 Å². The van der Waals surface area contributed by atoms with Crippen molar-refractivity contribution in [2.45, 2.75) is 26.7 Å². The number of para-hydroxylation sites is 1. The molecular formula is C17H24N2O3. The van der Waals surface area contributed by atoms with Gasteiger partial charge in [0.1, 0.15) is 5.75 Å². The fourth-order valence-corrected chi connectivity index (χ4v) is 2.95. The third kappa shape index (κ3) is 3.40. The molecule has 0 aliphatic carbocycles. The number of benzene rings is 1. The molecule has 1 aliphatic rings. The van der Waals surface area contributed by atoms with Gasteiger partial charge in [0.15, 0.2) is 0 Å². The number of carbonyl (C=O) groups is 2. The van der Waals surface area contributed by atoms with E-state index in [1.54, 1.807) is 23.1 Å². The van der Waals surface area contributed by atoms with E-state index < -0.39 is 0 Å². The van der Waals surface area contributed by atoms with Crippen LogP contribution < -0.4 is 0 Å². The third-order valence-electron chi connectivity index (χ3n) is 4.34. The van der Waals surface area contributed by atoms with E-state index in [9.17, 15) is 14.7 Å². The second-order valence-corrected chi connectivity index (χ2v) is 5.59. The second-order valence-electron chi connectivity index (χ2n) is 5.59. The van der Waals surface area contributed by atoms with Gasteiger partial charge in [-0.3, -0.25) is 9.59 Å². The molecular weight excluding hydrogens is 280 g/mol. The Balaban J connectivity index is 1.96. The Morgan fingerprint density at radius 1 is 1.18 bits per heavy atom. The molecule has 0 unspecified atom stereocenters. The number of carbonyl (C=O) groups excluding carboxylic acids is 2. The third-order valence-corrected chi connectivity index (χ3v) is 4.34. The first-order valence-corrected chi connectivity index (χ1v) is 7.94. The predicted octanol–water partition coefficient (Wildman–Crippen LogP) is 2.11. The summed E-state index contributed by atoms with van der Waals surface area (Å²) >= 11 is 0. The van der Waals surface area contributed by atoms with Gasteiger partial charge in [-0.15, -0.1) is 0 Å². The topological polar surface area (TPSA) is 60.9 Å². The molecule has 0 spiro atoms. The minimum absolute atomic E-state index is 0.00770. The maximum atomic E-state index is 12.4. The highest BCUT2D eigenvalue weighted by Crippen LogP contribution is 2.24. The number of hydrogen-bond acceptors (Lipinski definition) is 3. The maximum absolute atomic E-state index is 12.4. The lowest BCUT2D eigenvalue weighted by molar-refractivity contribution is -0.136. The minimum Gasteiger partial charge on any atom is -0.507 e. The summed E-state index contributed by atoms with van der Waals surface area (Å²) in [5.41, 5.74) is 0.330. The highest BCUT2D eigenvalue weighted by molar-refractivity contribution is 5.97. The standard InChI is InChI=1S/C17H24N2O3/c1-3-18(4-2)16(21)13-9-11-19(12-10-13)17(22)14-7-5-6-8-15(14)20/h5-8,13,20H,3-4,9-12H2,1-2H3. The van der Waals surface area contributed by atoms with Gasteiger partial charge < -0.3 is 14.9 Å². The monoisotopic (exact) mass is 304 g/mol. The molecule has 5 heteroatoms. The first kappa shape index (κ1) is 16.3. The molecule has 0 aromatic heterocycles. The van der Waals surface area contributed by atoms with Gasteiger partial charge in [-0.25, -0.2) is 0 Å². The van der Waals surface area contributed by atoms with E-state index in [1.807, 2.05) is 18.7 Å². The Labute approximate surface area is 131 Å². The van der Waals surface area contributed by atoms with Crippen LogP contribution in [0.15, 0.2) is 24.3 Å². The summed E-state index contributed by atoms with van der Waals surface area (Å²) in [6, 6.07) is 6.58. The molecule has 120 valence electrons. The van der Waals surface area contributed by atoms with Crippen molar-refractivity contribution >= 4 is 11.8 Å². The van der Waals surface area contributed by atoms with Crippen molar-refractivity contribution in [3.63, 3.8) is 0 Å². The van der Waals surface area contributed by atoms with Crippen LogP contribution in [-0.4, -0.2) is 52.9 Å². The molecule has 1 fully saturated rings. The smallest absolute Gasteiger partial charge is 0.257 e. The number of phenols is 1. The molecule has 1 saturated heterocycles. The highest BCUT2D eigenvalue weighted by Gasteiger charge is 2.30. The van der Waals surface area contributed by atoms with Gasteiger partial charge in [0, 0.05) is 32.1 Å². The Kier molecular flexibility index (Phi) is 5.41. The molecule has 5 nitrogen and oxygen atoms in total. The van der Waals surface area contributed by atoms with Gasteiger partial charge in [-0.2, -0.15) is 0 Å². The zero-order valence-electron chi connectivity index (χ0n) is 13.3. The lowest BCUT2D eigenvalue weighted by atomic mass is 9.94. The van der Waals surface area contributed by atoms with Crippen LogP contribution in [-0.2, 0) is 4.79 Å². The lowest BCUT2D eigenvalue weighted by Gasteiger charge is -2.33. The molecule has 2 amide bonds. The van der Waals surface area contributed by atoms with E-state index in [2.05, 4.69) is 0 Å². The summed E-state index contributed by atoms with van der Waals surface area (Å²) in [4.78, 5) is 28.3. The van der Waals surface area contributed by atoms with E-state index in [0.29, 0.717) is 31.5 Å². The summed E-state index contributed by atoms with van der Waals surface area (Å²) in [6.45, 7) is 6.55. The normalized spacial score (nSPS) is 15.6. The van der Waals surface area contributed by atoms with Crippen molar-refractivity contribution < 1.29 is 14.7 Å². The van der Waals surface area contributed by atoms with Crippen LogP contribution in [0, 0.1) is 5.92 Å². The molecule has 0 saturated carbocycles. The molecule has 0 bridgehead atoms. The van der Waals surface area contributed by atoms with Crippen LogP contribution in [0.5, 0.6) is 5.75 Å². The first-order valence-electron chi connectivity index (χ1n) is 7.94. The van der Waals surface area contributed by atoms with Crippen molar-refractivity contribution in [1.29, 1.82) is 0 Å². The number of nitrogens with zero attached hydrogens (tertiary/aromatic N) is 2. The Morgan fingerprint density at radius 2 is 1.77 bits per heavy atom. The largest absolute Gasteiger partial charge is 0.507 e. The minimum atomic E-state index is -0.160. The van der Waals surface area contributed by atoms with Crippen LogP contribution in [0.4, 0.5) is 0 Å². The van der Waals surface area contributed by atoms with Crippen LogP contribution >= 0.6 is 0 Å². The SMILES string of the molecule is CCN(CC)C(=O)C1CCN(C(=O)c2ccccc2O)CC1. The van der Waals surface area contributed by atoms with Crippen LogP contribution in [0.3, 0.4) is 0 Å². The summed E-state index contributed by atoms with van der Waals surface area (Å²) in [5, 5.41) is 9.78. The second kappa shape index (κ2) is 7.29. The number of likely N-dealkylation sites (tertiary alicyclic amines) is 1. The molecule has 0 radical (unpaired) electrons. The van der Waals surface area contributed by atoms with Crippen LogP contribution in [0.25, 0.3) is 0 Å². The van der Waals surface area contributed by atoms with Crippen molar-refractivity contribution in [3.8, 4) is 5.75 Å². The zero-order chi connectivity index (χ0) is 16.1. The molecule has 1 aliphatic heterocycles. The average Bonchev–Trinajstić information content (AvgIpc) is 2.56. The summed E-state index contributed by atoms with van der Waals surface area (Å²) in [6.07, 6.45) is 1.38. The van der Waals surface area contributed by atoms with Crippen molar-refractivity contribution in [2.75, 3.05) is 26.2 Å². The number of amides is 2. The van der Waals surface area contributed by atoms with E-state index in [1.165, 1.54) is 6.07 Å². The number of aromatic hydroxyl groups is 1. The van der Waals surface area contributed by atoms with Crippen molar-refractivity contribution in [2.24, 2.45) is 5.92 Å². The molecule has 1 N–H and O–H groups in total. The fraction of sp³-hybridized carbons (Fsp3) is 0.529. The molecule has 0 atom stereocenters. The predicted molar refractivity (Wildman–Crippen MR) is 84.7 cm³/mol. The van der Waals surface area contributed by atoms with Gasteiger partial charge in [-0.1, -0.05) is 12.1 Å². The first-order chi connectivity index (χ1) is 10.6. The van der Waals surface area contributed by atoms with Crippen molar-refractivity contribution in [3.05, 3.63) is 29.8 Å². The number of phenolic OH excluding ortho intramolecular Hbond substituents is 1. The van der Waals surface area contributed by atoms with E-state index in [0.717, 1.165) is 13.1 Å². The zero-order valence-corrected chi connectivity index (χ0v) is 13.3. The Bertz CT molecular complexity index is 532.